The van der Waals surface area contributed by atoms with Crippen molar-refractivity contribution in [3.63, 3.8) is 0 Å². The molecular weight excluding hydrogens is 1100 g/mol. The van der Waals surface area contributed by atoms with E-state index >= 15 is 0 Å². The number of aromatic nitrogens is 2. The molecule has 19 atom stereocenters. The Morgan fingerprint density at radius 3 is 1.58 bits per heavy atom. The van der Waals surface area contributed by atoms with Gasteiger partial charge in [0.25, 0.3) is 0 Å². The lowest BCUT2D eigenvalue weighted by atomic mass is 9.36. The van der Waals surface area contributed by atoms with Crippen molar-refractivity contribution in [3.8, 4) is 34.8 Å². The molecule has 16 aliphatic carbocycles. The van der Waals surface area contributed by atoms with Gasteiger partial charge in [-0.3, -0.25) is 0 Å². The Balaban J connectivity index is 0.877. The molecule has 29 rings (SSSR count). The zero-order chi connectivity index (χ0) is 57.6. The summed E-state index contributed by atoms with van der Waals surface area (Å²) < 4.78 is 13.1. The lowest BCUT2D eigenvalue weighted by Crippen LogP contribution is -2.59. The Labute approximate surface area is 526 Å². The molecule has 8 aromatic carbocycles. The van der Waals surface area contributed by atoms with Crippen LogP contribution in [0.25, 0.3) is 87.3 Å². The Morgan fingerprint density at radius 2 is 0.934 bits per heavy atom. The molecule has 0 amide bonds. The summed E-state index contributed by atoms with van der Waals surface area (Å²) in [5.41, 5.74) is 31.7. The van der Waals surface area contributed by atoms with Crippen molar-refractivity contribution in [2.24, 2.45) is 63.6 Å². The minimum absolute atomic E-state index is 0.376. The van der Waals surface area contributed by atoms with Gasteiger partial charge in [0.05, 0.1) is 61.8 Å². The summed E-state index contributed by atoms with van der Waals surface area (Å²) in [4.78, 5) is 0. The average Bonchev–Trinajstić information content (AvgIpc) is 1.49. The maximum Gasteiger partial charge on any atom is 0.132 e. The van der Waals surface area contributed by atoms with Gasteiger partial charge in [0.15, 0.2) is 0 Å². The molecule has 5 heterocycles. The summed E-state index contributed by atoms with van der Waals surface area (Å²) in [6.07, 6.45) is 21.3. The summed E-state index contributed by atoms with van der Waals surface area (Å²) in [5.74, 6) is 12.8. The van der Waals surface area contributed by atoms with E-state index in [9.17, 15) is 10.5 Å². The molecule has 0 radical (unpaired) electrons. The predicted molar refractivity (Wildman–Crippen MR) is 354 cm³/mol. The fourth-order valence-corrected chi connectivity index (χ4v) is 31.5. The van der Waals surface area contributed by atoms with E-state index in [0.717, 1.165) is 70.0 Å². The van der Waals surface area contributed by atoms with Gasteiger partial charge in [0.2, 0.25) is 0 Å². The van der Waals surface area contributed by atoms with Crippen molar-refractivity contribution in [2.45, 2.75) is 155 Å². The third-order valence-electron chi connectivity index (χ3n) is 33.8. The lowest BCUT2D eigenvalue weighted by Gasteiger charge is -2.68. The zero-order valence-electron chi connectivity index (χ0n) is 51.0. The first-order valence-corrected chi connectivity index (χ1v) is 36.4. The minimum atomic E-state index is -0.787. The Morgan fingerprint density at radius 1 is 0.407 bits per heavy atom. The van der Waals surface area contributed by atoms with Gasteiger partial charge in [-0.1, -0.05) is 48.5 Å². The Hall–Kier alpha value is -7.86. The van der Waals surface area contributed by atoms with Crippen molar-refractivity contribution in [1.29, 1.82) is 10.5 Å². The van der Waals surface area contributed by atoms with Crippen LogP contribution < -0.4 is 4.74 Å². The molecule has 17 aliphatic rings. The molecule has 5 nitrogen and oxygen atoms in total. The van der Waals surface area contributed by atoms with Gasteiger partial charge in [0.1, 0.15) is 11.5 Å². The first-order chi connectivity index (χ1) is 44.9. The topological polar surface area (TPSA) is 65.6 Å². The van der Waals surface area contributed by atoms with E-state index in [1.165, 1.54) is 218 Å². The van der Waals surface area contributed by atoms with Crippen molar-refractivity contribution >= 4 is 76.2 Å². The molecule has 1 aliphatic heterocycles. The first-order valence-electron chi connectivity index (χ1n) is 36.4. The second kappa shape index (κ2) is 13.4. The highest BCUT2D eigenvalue weighted by Crippen LogP contribution is 2.86. The van der Waals surface area contributed by atoms with Crippen molar-refractivity contribution in [2.75, 3.05) is 0 Å². The molecule has 9 bridgehead atoms. The predicted octanol–water partition coefficient (Wildman–Crippen LogP) is 20.2. The maximum absolute atomic E-state index is 11.8. The quantitative estimate of drug-likeness (QED) is 0.152. The third kappa shape index (κ3) is 4.04. The fourth-order valence-electron chi connectivity index (χ4n) is 31.5. The molecule has 4 aromatic heterocycles. The van der Waals surface area contributed by atoms with Crippen LogP contribution in [0.1, 0.15) is 228 Å². The number of ether oxygens (including phenoxy) is 1. The highest BCUT2D eigenvalue weighted by atomic mass is 16.5. The molecule has 5 heteroatoms. The smallest absolute Gasteiger partial charge is 0.132 e. The van der Waals surface area contributed by atoms with Gasteiger partial charge in [-0.05, 0) is 329 Å². The third-order valence-corrected chi connectivity index (χ3v) is 33.8. The SMILES string of the molecule is N#Cc1cc2c(c3c1C1CC4CC5CC3C45C1)c1c3c(cc4c5c6c(ccc5n2c41)C1CC2CC4CC6C24C1)-c1cc2c4c5c(c(C#N)cc4n4c6ccc7c(c6c(c1C31c3ccccc3Oc3ccccc31)c24)C1CC2CC(C1)C7C2)C1CC2CC3CC5CC321. The monoisotopic (exact) mass is 1170 g/mol. The van der Waals surface area contributed by atoms with Gasteiger partial charge >= 0.3 is 0 Å². The average molecular weight is 1170 g/mol. The molecule has 4 spiro atoms. The highest BCUT2D eigenvalue weighted by molar-refractivity contribution is 6.33. The van der Waals surface area contributed by atoms with Gasteiger partial charge in [-0.2, -0.15) is 10.5 Å². The number of para-hydroxylation sites is 2. The number of benzene rings is 8. The molecule has 11 fully saturated rings. The van der Waals surface area contributed by atoms with Crippen LogP contribution in [-0.4, -0.2) is 8.80 Å². The molecule has 12 aromatic rings. The lowest BCUT2D eigenvalue weighted by molar-refractivity contribution is -0.146. The summed E-state index contributed by atoms with van der Waals surface area (Å²) in [6.45, 7) is 0. The highest BCUT2D eigenvalue weighted by Gasteiger charge is 2.75. The maximum atomic E-state index is 11.8. The van der Waals surface area contributed by atoms with Crippen LogP contribution >= 0.6 is 0 Å². The molecule has 434 valence electrons. The van der Waals surface area contributed by atoms with Crippen molar-refractivity contribution in [3.05, 3.63) is 175 Å². The number of rotatable bonds is 0. The number of fused-ring (bicyclic) bond motifs is 44. The molecule has 0 saturated heterocycles. The van der Waals surface area contributed by atoms with Gasteiger partial charge < -0.3 is 13.5 Å². The molecule has 11 saturated carbocycles. The fraction of sp³-hybridized carbons (Fsp3) is 0.419. The van der Waals surface area contributed by atoms with Crippen molar-refractivity contribution in [1.82, 2.24) is 8.80 Å². The van der Waals surface area contributed by atoms with Gasteiger partial charge in [-0.15, -0.1) is 0 Å². The molecular formula is C86H64N4O. The Kier molecular flexibility index (Phi) is 6.67. The van der Waals surface area contributed by atoms with E-state index in [1.807, 2.05) is 0 Å². The van der Waals surface area contributed by atoms with Gasteiger partial charge in [0, 0.05) is 54.2 Å². The molecule has 91 heavy (non-hydrogen) atoms. The first kappa shape index (κ1) is 45.4. The summed E-state index contributed by atoms with van der Waals surface area (Å²) in [7, 11) is 0. The summed E-state index contributed by atoms with van der Waals surface area (Å²) in [6, 6.07) is 45.8. The second-order valence-electron chi connectivity index (χ2n) is 35.0. The van der Waals surface area contributed by atoms with Crippen LogP contribution in [-0.2, 0) is 5.41 Å². The van der Waals surface area contributed by atoms with Crippen molar-refractivity contribution < 1.29 is 4.74 Å². The number of nitrogens with zero attached hydrogens (tertiary/aromatic N) is 4. The molecule has 19 unspecified atom stereocenters. The summed E-state index contributed by atoms with van der Waals surface area (Å²) in [5, 5.41) is 35.4. The van der Waals surface area contributed by atoms with Gasteiger partial charge in [-0.25, -0.2) is 0 Å². The van der Waals surface area contributed by atoms with E-state index in [2.05, 4.69) is 118 Å². The number of hydrogen-bond acceptors (Lipinski definition) is 3. The zero-order valence-corrected chi connectivity index (χ0v) is 51.0. The molecule has 0 N–H and O–H groups in total. The van der Waals surface area contributed by atoms with E-state index < -0.39 is 5.41 Å². The Bertz CT molecular complexity index is 5890. The van der Waals surface area contributed by atoms with Crippen LogP contribution in [0.2, 0.25) is 0 Å². The largest absolute Gasteiger partial charge is 0.457 e. The number of nitriles is 2. The van der Waals surface area contributed by atoms with Crippen LogP contribution in [0.15, 0.2) is 97.1 Å². The van der Waals surface area contributed by atoms with Crippen LogP contribution in [0.4, 0.5) is 0 Å². The standard InChI is InChI=1S/C86H64N4O/c87-33-41-20-64-76(74-60-27-48-23-44-18-39(67(41)74)31-85(44,48)60)78-80-52(28-54-72-61(89(64)81(54)78)11-9-49-38-17-43-22-47-26-59(71(49)72)83(43,47)30-38)53-29-55-73-63(21-42(34-88)69-58-25-46-24-45-19-40(70(69)73)32-84(45,46)58)90-62-12-10-50-51-15-35-13-36(51)16-37(14-35)68(50)75(62)77(82(55)90)79(53)86(80)56-5-1-3-7-65(56)91-66-8-4-2-6-57(66)86/h1-12,20-21,28-29,35-40,43-48,51,58-60H,13-19,22-27,30-32H2. The van der Waals surface area contributed by atoms with Crippen LogP contribution in [0.3, 0.4) is 0 Å². The second-order valence-corrected chi connectivity index (χ2v) is 35.0. The normalized spacial score (nSPS) is 39.0. The number of hydrogen-bond donors (Lipinski definition) is 0. The van der Waals surface area contributed by atoms with Crippen LogP contribution in [0, 0.1) is 86.3 Å². The minimum Gasteiger partial charge on any atom is -0.457 e. The van der Waals surface area contributed by atoms with E-state index in [1.54, 1.807) is 38.8 Å². The van der Waals surface area contributed by atoms with Crippen LogP contribution in [0.5, 0.6) is 11.5 Å². The van der Waals surface area contributed by atoms with E-state index in [4.69, 9.17) is 4.74 Å². The summed E-state index contributed by atoms with van der Waals surface area (Å²) >= 11 is 0. The van der Waals surface area contributed by atoms with E-state index in [-0.39, 0.29) is 0 Å². The van der Waals surface area contributed by atoms with E-state index in [0.29, 0.717) is 63.6 Å².